The van der Waals surface area contributed by atoms with Gasteiger partial charge in [0, 0.05) is 12.1 Å². The van der Waals surface area contributed by atoms with Crippen molar-refractivity contribution >= 4 is 0 Å². The summed E-state index contributed by atoms with van der Waals surface area (Å²) in [6.07, 6.45) is 0. The van der Waals surface area contributed by atoms with Crippen LogP contribution in [0.15, 0.2) is 59.1 Å². The topological polar surface area (TPSA) is 42.2 Å². The fraction of sp³-hybridized carbons (Fsp3) is 0.263. The first-order chi connectivity index (χ1) is 11.1. The molecule has 23 heavy (non-hydrogen) atoms. The highest BCUT2D eigenvalue weighted by molar-refractivity contribution is 5.53. The van der Waals surface area contributed by atoms with Crippen molar-refractivity contribution < 1.29 is 4.52 Å². The Morgan fingerprint density at radius 1 is 1.04 bits per heavy atom. The van der Waals surface area contributed by atoms with Crippen molar-refractivity contribution in [3.05, 3.63) is 71.6 Å². The second-order valence-corrected chi connectivity index (χ2v) is 5.90. The van der Waals surface area contributed by atoms with E-state index in [1.165, 1.54) is 11.1 Å². The van der Waals surface area contributed by atoms with E-state index in [9.17, 15) is 0 Å². The average molecular weight is 307 g/mol. The Morgan fingerprint density at radius 3 is 2.43 bits per heavy atom. The number of aryl methyl sites for hydroxylation is 1. The third-order valence-electron chi connectivity index (χ3n) is 4.04. The number of benzene rings is 2. The molecule has 0 aliphatic heterocycles. The second-order valence-electron chi connectivity index (χ2n) is 5.90. The van der Waals surface area contributed by atoms with Gasteiger partial charge in [0.25, 0.3) is 0 Å². The van der Waals surface area contributed by atoms with Gasteiger partial charge < -0.3 is 4.52 Å². The summed E-state index contributed by atoms with van der Waals surface area (Å²) >= 11 is 0. The number of nitrogens with zero attached hydrogens (tertiary/aromatic N) is 3. The van der Waals surface area contributed by atoms with E-state index in [0.29, 0.717) is 11.7 Å². The minimum atomic E-state index is 0.0567. The van der Waals surface area contributed by atoms with Crippen LogP contribution < -0.4 is 0 Å². The molecule has 0 radical (unpaired) electrons. The van der Waals surface area contributed by atoms with Crippen LogP contribution in [0.1, 0.15) is 30.0 Å². The van der Waals surface area contributed by atoms with Crippen LogP contribution in [0.4, 0.5) is 0 Å². The molecule has 0 N–H and O–H groups in total. The molecule has 4 nitrogen and oxygen atoms in total. The van der Waals surface area contributed by atoms with E-state index in [0.717, 1.165) is 12.1 Å². The van der Waals surface area contributed by atoms with Gasteiger partial charge in [-0.2, -0.15) is 4.98 Å². The molecular formula is C19H21N3O. The highest BCUT2D eigenvalue weighted by Gasteiger charge is 2.19. The van der Waals surface area contributed by atoms with Gasteiger partial charge in [0.2, 0.25) is 11.7 Å². The molecule has 0 fully saturated rings. The predicted molar refractivity (Wildman–Crippen MR) is 90.8 cm³/mol. The minimum absolute atomic E-state index is 0.0567. The summed E-state index contributed by atoms with van der Waals surface area (Å²) in [5.41, 5.74) is 3.51. The molecule has 0 aliphatic carbocycles. The maximum absolute atomic E-state index is 5.46. The predicted octanol–water partition coefficient (Wildman–Crippen LogP) is 4.24. The van der Waals surface area contributed by atoms with Crippen LogP contribution in [0.2, 0.25) is 0 Å². The van der Waals surface area contributed by atoms with Gasteiger partial charge in [-0.05, 0) is 26.5 Å². The lowest BCUT2D eigenvalue weighted by atomic mass is 10.1. The standard InChI is InChI=1S/C19H21N3O/c1-14-9-11-16(12-10-14)13-22(3)15(2)19-20-18(21-23-19)17-7-5-4-6-8-17/h4-12,15H,13H2,1-3H3. The van der Waals surface area contributed by atoms with Crippen molar-refractivity contribution in [1.29, 1.82) is 0 Å². The Hall–Kier alpha value is -2.46. The molecule has 0 amide bonds. The number of rotatable bonds is 5. The first kappa shape index (κ1) is 15.4. The molecule has 0 spiro atoms. The smallest absolute Gasteiger partial charge is 0.244 e. The van der Waals surface area contributed by atoms with Crippen molar-refractivity contribution in [3.8, 4) is 11.4 Å². The molecule has 0 bridgehead atoms. The Labute approximate surface area is 136 Å². The van der Waals surface area contributed by atoms with Crippen molar-refractivity contribution in [1.82, 2.24) is 15.0 Å². The highest BCUT2D eigenvalue weighted by atomic mass is 16.5. The molecule has 1 aromatic heterocycles. The summed E-state index contributed by atoms with van der Waals surface area (Å²) < 4.78 is 5.46. The van der Waals surface area contributed by atoms with E-state index in [1.807, 2.05) is 30.3 Å². The monoisotopic (exact) mass is 307 g/mol. The molecular weight excluding hydrogens is 286 g/mol. The lowest BCUT2D eigenvalue weighted by Gasteiger charge is -2.21. The summed E-state index contributed by atoms with van der Waals surface area (Å²) in [6.45, 7) is 5.01. The highest BCUT2D eigenvalue weighted by Crippen LogP contribution is 2.22. The Morgan fingerprint density at radius 2 is 1.74 bits per heavy atom. The van der Waals surface area contributed by atoms with E-state index in [4.69, 9.17) is 4.52 Å². The summed E-state index contributed by atoms with van der Waals surface area (Å²) in [6, 6.07) is 18.5. The van der Waals surface area contributed by atoms with Crippen molar-refractivity contribution in [2.45, 2.75) is 26.4 Å². The molecule has 118 valence electrons. The van der Waals surface area contributed by atoms with Crippen LogP contribution in [-0.2, 0) is 6.54 Å². The van der Waals surface area contributed by atoms with Crippen LogP contribution >= 0.6 is 0 Å². The quantitative estimate of drug-likeness (QED) is 0.707. The molecule has 4 heteroatoms. The van der Waals surface area contributed by atoms with Gasteiger partial charge in [0.05, 0.1) is 6.04 Å². The fourth-order valence-corrected chi connectivity index (χ4v) is 2.42. The number of hydrogen-bond acceptors (Lipinski definition) is 4. The van der Waals surface area contributed by atoms with Crippen LogP contribution in [0.3, 0.4) is 0 Å². The van der Waals surface area contributed by atoms with Crippen LogP contribution in [0.5, 0.6) is 0 Å². The third-order valence-corrected chi connectivity index (χ3v) is 4.04. The Bertz CT molecular complexity index is 750. The van der Waals surface area contributed by atoms with Crippen molar-refractivity contribution in [2.75, 3.05) is 7.05 Å². The molecule has 1 unspecified atom stereocenters. The summed E-state index contributed by atoms with van der Waals surface area (Å²) in [4.78, 5) is 6.74. The van der Waals surface area contributed by atoms with Gasteiger partial charge in [-0.15, -0.1) is 0 Å². The van der Waals surface area contributed by atoms with Gasteiger partial charge in [-0.1, -0.05) is 65.3 Å². The number of hydrogen-bond donors (Lipinski definition) is 0. The van der Waals surface area contributed by atoms with Gasteiger partial charge in [-0.3, -0.25) is 4.90 Å². The molecule has 0 saturated carbocycles. The van der Waals surface area contributed by atoms with E-state index in [-0.39, 0.29) is 6.04 Å². The Balaban J connectivity index is 1.71. The van der Waals surface area contributed by atoms with E-state index >= 15 is 0 Å². The van der Waals surface area contributed by atoms with Crippen molar-refractivity contribution in [2.24, 2.45) is 0 Å². The first-order valence-electron chi connectivity index (χ1n) is 7.78. The summed E-state index contributed by atoms with van der Waals surface area (Å²) in [5.74, 6) is 1.27. The average Bonchev–Trinajstić information content (AvgIpc) is 3.07. The minimum Gasteiger partial charge on any atom is -0.337 e. The molecule has 0 aliphatic rings. The zero-order chi connectivity index (χ0) is 16.2. The lowest BCUT2D eigenvalue weighted by Crippen LogP contribution is -2.22. The largest absolute Gasteiger partial charge is 0.337 e. The molecule has 0 saturated heterocycles. The van der Waals surface area contributed by atoms with Gasteiger partial charge in [-0.25, -0.2) is 0 Å². The molecule has 2 aromatic carbocycles. The van der Waals surface area contributed by atoms with Crippen LogP contribution in [0, 0.1) is 6.92 Å². The SMILES string of the molecule is Cc1ccc(CN(C)C(C)c2nc(-c3ccccc3)no2)cc1. The lowest BCUT2D eigenvalue weighted by molar-refractivity contribution is 0.202. The third kappa shape index (κ3) is 3.66. The van der Waals surface area contributed by atoms with E-state index in [1.54, 1.807) is 0 Å². The van der Waals surface area contributed by atoms with Gasteiger partial charge in [0.1, 0.15) is 0 Å². The van der Waals surface area contributed by atoms with E-state index in [2.05, 4.69) is 60.2 Å². The zero-order valence-electron chi connectivity index (χ0n) is 13.7. The Kier molecular flexibility index (Phi) is 4.53. The van der Waals surface area contributed by atoms with Crippen molar-refractivity contribution in [3.63, 3.8) is 0 Å². The van der Waals surface area contributed by atoms with Crippen LogP contribution in [-0.4, -0.2) is 22.1 Å². The normalized spacial score (nSPS) is 12.5. The maximum atomic E-state index is 5.46. The second kappa shape index (κ2) is 6.75. The van der Waals surface area contributed by atoms with Gasteiger partial charge >= 0.3 is 0 Å². The van der Waals surface area contributed by atoms with Gasteiger partial charge in [0.15, 0.2) is 0 Å². The first-order valence-corrected chi connectivity index (χ1v) is 7.78. The maximum Gasteiger partial charge on any atom is 0.244 e. The molecule has 3 aromatic rings. The zero-order valence-corrected chi connectivity index (χ0v) is 13.7. The molecule has 1 heterocycles. The molecule has 1 atom stereocenters. The summed E-state index contributed by atoms with van der Waals surface area (Å²) in [7, 11) is 2.07. The van der Waals surface area contributed by atoms with E-state index < -0.39 is 0 Å². The number of aromatic nitrogens is 2. The summed E-state index contributed by atoms with van der Waals surface area (Å²) in [5, 5.41) is 4.10. The van der Waals surface area contributed by atoms with Crippen LogP contribution in [0.25, 0.3) is 11.4 Å². The fourth-order valence-electron chi connectivity index (χ4n) is 2.42. The molecule has 3 rings (SSSR count).